The SMILES string of the molecule is CCOc1ccccc1C(O)COCc1ccccc1. The third-order valence-electron chi connectivity index (χ3n) is 2.97. The first-order valence-corrected chi connectivity index (χ1v) is 6.82. The van der Waals surface area contributed by atoms with E-state index in [1.807, 2.05) is 61.5 Å². The fourth-order valence-corrected chi connectivity index (χ4v) is 2.00. The summed E-state index contributed by atoms with van der Waals surface area (Å²) >= 11 is 0. The van der Waals surface area contributed by atoms with Gasteiger partial charge in [-0.2, -0.15) is 0 Å². The second-order valence-electron chi connectivity index (χ2n) is 4.49. The van der Waals surface area contributed by atoms with Gasteiger partial charge in [-0.05, 0) is 18.6 Å². The first kappa shape index (κ1) is 14.6. The Labute approximate surface area is 119 Å². The van der Waals surface area contributed by atoms with Crippen LogP contribution in [0.2, 0.25) is 0 Å². The zero-order valence-corrected chi connectivity index (χ0v) is 11.7. The highest BCUT2D eigenvalue weighted by Crippen LogP contribution is 2.25. The molecule has 1 N–H and O–H groups in total. The van der Waals surface area contributed by atoms with Crippen LogP contribution in [0, 0.1) is 0 Å². The molecule has 20 heavy (non-hydrogen) atoms. The van der Waals surface area contributed by atoms with Crippen LogP contribution >= 0.6 is 0 Å². The van der Waals surface area contributed by atoms with Crippen LogP contribution < -0.4 is 4.74 Å². The summed E-state index contributed by atoms with van der Waals surface area (Å²) in [5, 5.41) is 10.2. The molecule has 0 bridgehead atoms. The van der Waals surface area contributed by atoms with Crippen molar-refractivity contribution in [3.8, 4) is 5.75 Å². The molecule has 0 amide bonds. The lowest BCUT2D eigenvalue weighted by molar-refractivity contribution is 0.0264. The predicted octanol–water partition coefficient (Wildman–Crippen LogP) is 3.34. The number of aliphatic hydroxyl groups is 1. The van der Waals surface area contributed by atoms with E-state index in [4.69, 9.17) is 9.47 Å². The van der Waals surface area contributed by atoms with Gasteiger partial charge < -0.3 is 14.6 Å². The number of ether oxygens (including phenoxy) is 2. The molecule has 0 aliphatic heterocycles. The van der Waals surface area contributed by atoms with Crippen LogP contribution in [0.4, 0.5) is 0 Å². The Hall–Kier alpha value is -1.84. The molecule has 2 rings (SSSR count). The zero-order chi connectivity index (χ0) is 14.2. The van der Waals surface area contributed by atoms with E-state index in [1.165, 1.54) is 0 Å². The largest absolute Gasteiger partial charge is 0.493 e. The summed E-state index contributed by atoms with van der Waals surface area (Å²) < 4.78 is 11.1. The topological polar surface area (TPSA) is 38.7 Å². The lowest BCUT2D eigenvalue weighted by atomic mass is 10.1. The Balaban J connectivity index is 1.90. The molecule has 0 saturated carbocycles. The van der Waals surface area contributed by atoms with E-state index in [-0.39, 0.29) is 6.61 Å². The van der Waals surface area contributed by atoms with Crippen LogP contribution in [0.5, 0.6) is 5.75 Å². The van der Waals surface area contributed by atoms with E-state index in [0.717, 1.165) is 11.1 Å². The Morgan fingerprint density at radius 3 is 2.45 bits per heavy atom. The molecular formula is C17H20O3. The second kappa shape index (κ2) is 7.68. The maximum Gasteiger partial charge on any atom is 0.125 e. The van der Waals surface area contributed by atoms with Crippen LogP contribution in [0.1, 0.15) is 24.2 Å². The van der Waals surface area contributed by atoms with Gasteiger partial charge in [-0.25, -0.2) is 0 Å². The molecule has 1 atom stereocenters. The van der Waals surface area contributed by atoms with Crippen LogP contribution in [0.15, 0.2) is 54.6 Å². The van der Waals surface area contributed by atoms with E-state index in [9.17, 15) is 5.11 Å². The van der Waals surface area contributed by atoms with Crippen molar-refractivity contribution < 1.29 is 14.6 Å². The summed E-state index contributed by atoms with van der Waals surface area (Å²) in [5.74, 6) is 0.714. The summed E-state index contributed by atoms with van der Waals surface area (Å²) in [5.41, 5.74) is 1.86. The maximum atomic E-state index is 10.2. The highest BCUT2D eigenvalue weighted by molar-refractivity contribution is 5.35. The fraction of sp³-hybridized carbons (Fsp3) is 0.294. The van der Waals surface area contributed by atoms with Gasteiger partial charge in [-0.15, -0.1) is 0 Å². The van der Waals surface area contributed by atoms with Gasteiger partial charge in [0.25, 0.3) is 0 Å². The van der Waals surface area contributed by atoms with Gasteiger partial charge in [-0.1, -0.05) is 48.5 Å². The average Bonchev–Trinajstić information content (AvgIpc) is 2.49. The van der Waals surface area contributed by atoms with Crippen molar-refractivity contribution in [3.63, 3.8) is 0 Å². The van der Waals surface area contributed by atoms with E-state index < -0.39 is 6.10 Å². The Morgan fingerprint density at radius 1 is 1.00 bits per heavy atom. The van der Waals surface area contributed by atoms with E-state index in [2.05, 4.69) is 0 Å². The molecule has 0 aromatic heterocycles. The van der Waals surface area contributed by atoms with Gasteiger partial charge in [0.2, 0.25) is 0 Å². The fourth-order valence-electron chi connectivity index (χ4n) is 2.00. The predicted molar refractivity (Wildman–Crippen MR) is 78.7 cm³/mol. The van der Waals surface area contributed by atoms with Gasteiger partial charge >= 0.3 is 0 Å². The molecule has 0 radical (unpaired) electrons. The zero-order valence-electron chi connectivity index (χ0n) is 11.7. The van der Waals surface area contributed by atoms with Crippen molar-refractivity contribution in [2.75, 3.05) is 13.2 Å². The summed E-state index contributed by atoms with van der Waals surface area (Å²) in [6.07, 6.45) is -0.679. The lowest BCUT2D eigenvalue weighted by Gasteiger charge is -2.15. The first-order chi connectivity index (χ1) is 9.81. The first-order valence-electron chi connectivity index (χ1n) is 6.82. The van der Waals surface area contributed by atoms with Crippen molar-refractivity contribution in [2.24, 2.45) is 0 Å². The summed E-state index contributed by atoms with van der Waals surface area (Å²) in [6, 6.07) is 17.4. The smallest absolute Gasteiger partial charge is 0.125 e. The molecule has 2 aromatic rings. The average molecular weight is 272 g/mol. The van der Waals surface area contributed by atoms with Gasteiger partial charge in [0.15, 0.2) is 0 Å². The number of aliphatic hydroxyl groups excluding tert-OH is 1. The van der Waals surface area contributed by atoms with Crippen LogP contribution in [-0.4, -0.2) is 18.3 Å². The molecular weight excluding hydrogens is 252 g/mol. The molecule has 0 aliphatic carbocycles. The van der Waals surface area contributed by atoms with Gasteiger partial charge in [0.1, 0.15) is 11.9 Å². The van der Waals surface area contributed by atoms with Crippen LogP contribution in [-0.2, 0) is 11.3 Å². The van der Waals surface area contributed by atoms with Gasteiger partial charge in [-0.3, -0.25) is 0 Å². The molecule has 0 saturated heterocycles. The van der Waals surface area contributed by atoms with Crippen molar-refractivity contribution in [1.29, 1.82) is 0 Å². The van der Waals surface area contributed by atoms with E-state index >= 15 is 0 Å². The lowest BCUT2D eigenvalue weighted by Crippen LogP contribution is -2.09. The minimum atomic E-state index is -0.679. The quantitative estimate of drug-likeness (QED) is 0.840. The van der Waals surface area contributed by atoms with Crippen molar-refractivity contribution in [1.82, 2.24) is 0 Å². The molecule has 0 aliphatic rings. The third kappa shape index (κ3) is 4.08. The number of hydrogen-bond donors (Lipinski definition) is 1. The monoisotopic (exact) mass is 272 g/mol. The second-order valence-corrected chi connectivity index (χ2v) is 4.49. The summed E-state index contributed by atoms with van der Waals surface area (Å²) in [7, 11) is 0. The molecule has 0 heterocycles. The minimum absolute atomic E-state index is 0.249. The molecule has 3 nitrogen and oxygen atoms in total. The summed E-state index contributed by atoms with van der Waals surface area (Å²) in [6.45, 7) is 3.25. The standard InChI is InChI=1S/C17H20O3/c1-2-20-17-11-7-6-10-15(17)16(18)13-19-12-14-8-4-3-5-9-14/h3-11,16,18H,2,12-13H2,1H3. The van der Waals surface area contributed by atoms with Crippen molar-refractivity contribution in [3.05, 3.63) is 65.7 Å². The normalized spacial score (nSPS) is 12.1. The molecule has 2 aromatic carbocycles. The Kier molecular flexibility index (Phi) is 5.59. The van der Waals surface area contributed by atoms with Gasteiger partial charge in [0.05, 0.1) is 19.8 Å². The number of hydrogen-bond acceptors (Lipinski definition) is 3. The van der Waals surface area contributed by atoms with Crippen molar-refractivity contribution in [2.45, 2.75) is 19.6 Å². The minimum Gasteiger partial charge on any atom is -0.493 e. The van der Waals surface area contributed by atoms with E-state index in [1.54, 1.807) is 0 Å². The number of benzene rings is 2. The van der Waals surface area contributed by atoms with Gasteiger partial charge in [0, 0.05) is 5.56 Å². The maximum absolute atomic E-state index is 10.2. The summed E-state index contributed by atoms with van der Waals surface area (Å²) in [4.78, 5) is 0. The van der Waals surface area contributed by atoms with Crippen molar-refractivity contribution >= 4 is 0 Å². The Morgan fingerprint density at radius 2 is 1.70 bits per heavy atom. The Bertz CT molecular complexity index is 511. The highest BCUT2D eigenvalue weighted by Gasteiger charge is 2.13. The van der Waals surface area contributed by atoms with E-state index in [0.29, 0.717) is 19.0 Å². The highest BCUT2D eigenvalue weighted by atomic mass is 16.5. The molecule has 1 unspecified atom stereocenters. The molecule has 0 spiro atoms. The third-order valence-corrected chi connectivity index (χ3v) is 2.97. The van der Waals surface area contributed by atoms with Crippen LogP contribution in [0.3, 0.4) is 0 Å². The number of rotatable bonds is 7. The number of para-hydroxylation sites is 1. The molecule has 0 fully saturated rings. The van der Waals surface area contributed by atoms with Crippen LogP contribution in [0.25, 0.3) is 0 Å². The molecule has 3 heteroatoms. The molecule has 106 valence electrons.